The molecule has 21 heavy (non-hydrogen) atoms. The highest BCUT2D eigenvalue weighted by Crippen LogP contribution is 2.42. The van der Waals surface area contributed by atoms with Gasteiger partial charge < -0.3 is 4.65 Å². The van der Waals surface area contributed by atoms with E-state index in [0.29, 0.717) is 6.42 Å². The quantitative estimate of drug-likeness (QED) is 0.393. The van der Waals surface area contributed by atoms with Crippen molar-refractivity contribution in [1.82, 2.24) is 5.32 Å². The van der Waals surface area contributed by atoms with Crippen LogP contribution in [0.2, 0.25) is 0 Å². The van der Waals surface area contributed by atoms with Crippen molar-refractivity contribution < 1.29 is 19.0 Å². The number of unbranched alkanes of at least 4 members (excludes halogenated alkanes) is 3. The molecule has 0 radical (unpaired) electrons. The van der Waals surface area contributed by atoms with Crippen LogP contribution in [0.15, 0.2) is 0 Å². The van der Waals surface area contributed by atoms with Crippen molar-refractivity contribution in [3.63, 3.8) is 0 Å². The number of rotatable bonds is 9. The van der Waals surface area contributed by atoms with Gasteiger partial charge in [0.1, 0.15) is 4.75 Å². The number of carbonyl (C=O) groups is 3. The first-order chi connectivity index (χ1) is 10.0. The van der Waals surface area contributed by atoms with Gasteiger partial charge in [-0.15, -0.1) is 11.8 Å². The SMILES string of the molecule is BOC(=O)C(CC)[C@]1(SCCCCCC)CC(=O)NC1=O. The van der Waals surface area contributed by atoms with Crippen LogP contribution in [-0.2, 0) is 19.0 Å². The Morgan fingerprint density at radius 3 is 2.57 bits per heavy atom. The van der Waals surface area contributed by atoms with Crippen LogP contribution in [-0.4, -0.2) is 36.3 Å². The van der Waals surface area contributed by atoms with Crippen molar-refractivity contribution in [2.45, 2.75) is 57.1 Å². The average molecular weight is 313 g/mol. The van der Waals surface area contributed by atoms with Crippen molar-refractivity contribution in [3.8, 4) is 0 Å². The van der Waals surface area contributed by atoms with Gasteiger partial charge in [-0.05, 0) is 18.6 Å². The Kier molecular flexibility index (Phi) is 7.28. The summed E-state index contributed by atoms with van der Waals surface area (Å²) < 4.78 is 3.83. The molecule has 0 bridgehead atoms. The van der Waals surface area contributed by atoms with Crippen molar-refractivity contribution in [3.05, 3.63) is 0 Å². The van der Waals surface area contributed by atoms with E-state index in [1.165, 1.54) is 19.8 Å². The van der Waals surface area contributed by atoms with Crippen molar-refractivity contribution >= 4 is 37.6 Å². The van der Waals surface area contributed by atoms with Gasteiger partial charge in [-0.1, -0.05) is 33.1 Å². The first-order valence-electron chi connectivity index (χ1n) is 7.57. The second-order valence-corrected chi connectivity index (χ2v) is 6.76. The van der Waals surface area contributed by atoms with Gasteiger partial charge in [0.05, 0.1) is 12.3 Å². The predicted molar refractivity (Wildman–Crippen MR) is 85.5 cm³/mol. The van der Waals surface area contributed by atoms with E-state index in [0.717, 1.165) is 31.4 Å². The lowest BCUT2D eigenvalue weighted by Gasteiger charge is -2.31. The highest BCUT2D eigenvalue weighted by molar-refractivity contribution is 8.01. The molecule has 1 heterocycles. The Bertz CT molecular complexity index is 404. The van der Waals surface area contributed by atoms with Gasteiger partial charge in [0, 0.05) is 0 Å². The molecule has 1 aliphatic heterocycles. The largest absolute Gasteiger partial charge is 0.543 e. The lowest BCUT2D eigenvalue weighted by atomic mass is 9.87. The lowest BCUT2D eigenvalue weighted by Crippen LogP contribution is -2.46. The Morgan fingerprint density at radius 1 is 1.38 bits per heavy atom. The van der Waals surface area contributed by atoms with E-state index >= 15 is 0 Å². The van der Waals surface area contributed by atoms with Crippen LogP contribution < -0.4 is 5.32 Å². The van der Waals surface area contributed by atoms with E-state index in [2.05, 4.69) is 12.2 Å². The molecule has 1 N–H and O–H groups in total. The molecule has 1 aliphatic rings. The third kappa shape index (κ3) is 4.25. The van der Waals surface area contributed by atoms with Gasteiger partial charge in [-0.25, -0.2) is 0 Å². The molecule has 1 saturated heterocycles. The summed E-state index contributed by atoms with van der Waals surface area (Å²) in [5, 5.41) is 2.35. The predicted octanol–water partition coefficient (Wildman–Crippen LogP) is 1.20. The third-order valence-corrected chi connectivity index (χ3v) is 5.50. The molecule has 0 aromatic heterocycles. The van der Waals surface area contributed by atoms with E-state index in [4.69, 9.17) is 4.65 Å². The number of carbonyl (C=O) groups excluding carboxylic acids is 3. The minimum absolute atomic E-state index is 0.0673. The summed E-state index contributed by atoms with van der Waals surface area (Å²) in [6.07, 6.45) is 4.94. The molecule has 1 unspecified atom stereocenters. The molecule has 0 aromatic rings. The minimum atomic E-state index is -0.995. The monoisotopic (exact) mass is 313 g/mol. The summed E-state index contributed by atoms with van der Waals surface area (Å²) >= 11 is 1.44. The summed E-state index contributed by atoms with van der Waals surface area (Å²) in [7, 11) is 1.32. The summed E-state index contributed by atoms with van der Waals surface area (Å²) in [6.45, 7) is 3.99. The minimum Gasteiger partial charge on any atom is -0.543 e. The van der Waals surface area contributed by atoms with Gasteiger partial charge in [-0.2, -0.15) is 0 Å². The van der Waals surface area contributed by atoms with Gasteiger partial charge in [-0.3, -0.25) is 19.7 Å². The maximum Gasteiger partial charge on any atom is 0.325 e. The van der Waals surface area contributed by atoms with Crippen LogP contribution >= 0.6 is 11.8 Å². The van der Waals surface area contributed by atoms with E-state index < -0.39 is 16.6 Å². The van der Waals surface area contributed by atoms with Gasteiger partial charge >= 0.3 is 8.05 Å². The fraction of sp³-hybridized carbons (Fsp3) is 0.786. The first-order valence-corrected chi connectivity index (χ1v) is 8.56. The van der Waals surface area contributed by atoms with Crippen molar-refractivity contribution in [2.75, 3.05) is 5.75 Å². The fourth-order valence-electron chi connectivity index (χ4n) is 2.71. The maximum atomic E-state index is 12.3. The van der Waals surface area contributed by atoms with Crippen molar-refractivity contribution in [1.29, 1.82) is 0 Å². The fourth-order valence-corrected chi connectivity index (χ4v) is 4.30. The van der Waals surface area contributed by atoms with Gasteiger partial charge in [0.2, 0.25) is 11.8 Å². The molecule has 0 spiro atoms. The molecule has 0 aliphatic carbocycles. The molecular formula is C14H24BNO4S. The summed E-state index contributed by atoms with van der Waals surface area (Å²) in [4.78, 5) is 35.9. The molecule has 0 saturated carbocycles. The second-order valence-electron chi connectivity index (χ2n) is 5.34. The molecule has 1 fully saturated rings. The summed E-state index contributed by atoms with van der Waals surface area (Å²) in [5.41, 5.74) is 0. The van der Waals surface area contributed by atoms with Crippen LogP contribution in [0.3, 0.4) is 0 Å². The zero-order valence-corrected chi connectivity index (χ0v) is 13.9. The zero-order chi connectivity index (χ0) is 15.9. The molecular weight excluding hydrogens is 289 g/mol. The molecule has 5 nitrogen and oxygen atoms in total. The highest BCUT2D eigenvalue weighted by Gasteiger charge is 2.54. The Morgan fingerprint density at radius 2 is 2.10 bits per heavy atom. The third-order valence-electron chi connectivity index (χ3n) is 3.87. The average Bonchev–Trinajstić information content (AvgIpc) is 2.74. The smallest absolute Gasteiger partial charge is 0.325 e. The molecule has 7 heteroatoms. The van der Waals surface area contributed by atoms with E-state index in [1.54, 1.807) is 0 Å². The summed E-state index contributed by atoms with van der Waals surface area (Å²) in [5.74, 6) is -0.865. The maximum absolute atomic E-state index is 12.3. The molecule has 2 amide bonds. The topological polar surface area (TPSA) is 72.5 Å². The number of hydrogen-bond donors (Lipinski definition) is 1. The Hall–Kier alpha value is -0.975. The number of nitrogens with one attached hydrogen (secondary N) is 1. The molecule has 0 aromatic carbocycles. The van der Waals surface area contributed by atoms with Crippen LogP contribution in [0.4, 0.5) is 0 Å². The normalized spacial score (nSPS) is 23.0. The number of amides is 2. The second kappa shape index (κ2) is 8.46. The van der Waals surface area contributed by atoms with Crippen LogP contribution in [0.25, 0.3) is 0 Å². The van der Waals surface area contributed by atoms with E-state index in [-0.39, 0.29) is 18.2 Å². The highest BCUT2D eigenvalue weighted by atomic mass is 32.2. The number of hydrogen-bond acceptors (Lipinski definition) is 5. The lowest BCUT2D eigenvalue weighted by molar-refractivity contribution is -0.142. The van der Waals surface area contributed by atoms with E-state index in [9.17, 15) is 14.4 Å². The van der Waals surface area contributed by atoms with Gasteiger partial charge in [0.15, 0.2) is 0 Å². The van der Waals surface area contributed by atoms with Crippen LogP contribution in [0.1, 0.15) is 52.4 Å². The van der Waals surface area contributed by atoms with Crippen molar-refractivity contribution in [2.24, 2.45) is 5.92 Å². The number of thioether (sulfide) groups is 1. The van der Waals surface area contributed by atoms with E-state index in [1.807, 2.05) is 6.92 Å². The van der Waals surface area contributed by atoms with Gasteiger partial charge in [0.25, 0.3) is 5.97 Å². The molecule has 1 rings (SSSR count). The standard InChI is InChI=1S/C14H24BNO4S/c1-3-5-6-7-8-21-14(9-11(17)16-13(14)19)10(4-2)12(18)20-15/h10H,3-9,15H2,1-2H3,(H,16,17,19)/t10?,14-/m1/s1. The van der Waals surface area contributed by atoms with Crippen LogP contribution in [0.5, 0.6) is 0 Å². The first kappa shape index (κ1) is 18.1. The summed E-state index contributed by atoms with van der Waals surface area (Å²) in [6, 6.07) is 0. The number of imide groups is 1. The van der Waals surface area contributed by atoms with Crippen LogP contribution in [0, 0.1) is 5.92 Å². The zero-order valence-electron chi connectivity index (χ0n) is 13.1. The molecule has 118 valence electrons. The molecule has 2 atom stereocenters. The Labute approximate surface area is 131 Å². The Balaban J connectivity index is 2.83.